The molecule has 6 heteroatoms. The number of aryl methyl sites for hydroxylation is 1. The number of hydrogen-bond donors (Lipinski definition) is 1. The maximum absolute atomic E-state index is 12.6. The highest BCUT2D eigenvalue weighted by Gasteiger charge is 2.21. The molecule has 1 amide bonds. The number of carbonyl (C=O) groups is 1. The lowest BCUT2D eigenvalue weighted by Gasteiger charge is -2.13. The Kier molecular flexibility index (Phi) is 4.63. The van der Waals surface area contributed by atoms with Gasteiger partial charge in [-0.3, -0.25) is 9.48 Å². The number of nitrogens with zero attached hydrogens (tertiary/aromatic N) is 2. The van der Waals surface area contributed by atoms with E-state index >= 15 is 0 Å². The number of ether oxygens (including phenoxy) is 2. The van der Waals surface area contributed by atoms with Crippen LogP contribution in [0.3, 0.4) is 0 Å². The number of hydrogen-bond acceptors (Lipinski definition) is 4. The molecule has 0 fully saturated rings. The van der Waals surface area contributed by atoms with E-state index < -0.39 is 0 Å². The summed E-state index contributed by atoms with van der Waals surface area (Å²) in [7, 11) is 4.88. The molecule has 1 aromatic carbocycles. The van der Waals surface area contributed by atoms with Gasteiger partial charge < -0.3 is 14.8 Å². The van der Waals surface area contributed by atoms with E-state index in [1.165, 1.54) is 7.11 Å². The summed E-state index contributed by atoms with van der Waals surface area (Å²) in [5.41, 5.74) is 1.23. The summed E-state index contributed by atoms with van der Waals surface area (Å²) in [4.78, 5) is 12.6. The van der Waals surface area contributed by atoms with Gasteiger partial charge in [0, 0.05) is 18.5 Å². The van der Waals surface area contributed by atoms with Crippen molar-refractivity contribution in [3.63, 3.8) is 0 Å². The molecule has 2 rings (SSSR count). The van der Waals surface area contributed by atoms with Crippen molar-refractivity contribution in [3.8, 4) is 11.5 Å². The van der Waals surface area contributed by atoms with Crippen molar-refractivity contribution in [2.75, 3.05) is 19.5 Å². The second-order valence-corrected chi connectivity index (χ2v) is 6.31. The van der Waals surface area contributed by atoms with Crippen LogP contribution in [0, 0.1) is 0 Å². The molecule has 0 atom stereocenters. The van der Waals surface area contributed by atoms with Gasteiger partial charge in [-0.2, -0.15) is 5.10 Å². The van der Waals surface area contributed by atoms with Crippen molar-refractivity contribution in [1.82, 2.24) is 9.78 Å². The predicted octanol–water partition coefficient (Wildman–Crippen LogP) is 2.99. The molecule has 0 radical (unpaired) electrons. The third kappa shape index (κ3) is 3.64. The topological polar surface area (TPSA) is 65.4 Å². The second-order valence-electron chi connectivity index (χ2n) is 6.31. The Morgan fingerprint density at radius 1 is 1.17 bits per heavy atom. The van der Waals surface area contributed by atoms with Crippen molar-refractivity contribution in [2.24, 2.45) is 7.05 Å². The molecule has 2 aromatic rings. The molecule has 0 saturated carbocycles. The predicted molar refractivity (Wildman–Crippen MR) is 89.4 cm³/mol. The quantitative estimate of drug-likeness (QED) is 0.941. The molecule has 1 N–H and O–H groups in total. The van der Waals surface area contributed by atoms with Crippen LogP contribution >= 0.6 is 0 Å². The molecule has 0 unspecified atom stereocenters. The summed E-state index contributed by atoms with van der Waals surface area (Å²) in [5, 5.41) is 7.32. The van der Waals surface area contributed by atoms with Gasteiger partial charge in [0.1, 0.15) is 17.3 Å². The Hall–Kier alpha value is -2.50. The number of nitrogens with one attached hydrogen (secondary N) is 1. The van der Waals surface area contributed by atoms with Crippen LogP contribution in [0.15, 0.2) is 24.3 Å². The fraction of sp³-hybridized carbons (Fsp3) is 0.412. The molecule has 0 aliphatic rings. The number of methoxy groups -OCH3 is 2. The van der Waals surface area contributed by atoms with Crippen LogP contribution in [0.5, 0.6) is 11.5 Å². The lowest BCUT2D eigenvalue weighted by molar-refractivity contribution is 0.102. The van der Waals surface area contributed by atoms with Gasteiger partial charge in [0.05, 0.1) is 25.5 Å². The maximum Gasteiger partial charge on any atom is 0.260 e. The third-order valence-corrected chi connectivity index (χ3v) is 3.54. The van der Waals surface area contributed by atoms with E-state index in [-0.39, 0.29) is 11.3 Å². The van der Waals surface area contributed by atoms with Gasteiger partial charge in [0.15, 0.2) is 0 Å². The highest BCUT2D eigenvalue weighted by Crippen LogP contribution is 2.26. The van der Waals surface area contributed by atoms with Crippen LogP contribution in [0.4, 0.5) is 5.82 Å². The first-order valence-corrected chi connectivity index (χ1v) is 7.34. The summed E-state index contributed by atoms with van der Waals surface area (Å²) in [6.45, 7) is 6.23. The summed E-state index contributed by atoms with van der Waals surface area (Å²) in [6.07, 6.45) is 0. The lowest BCUT2D eigenvalue weighted by Crippen LogP contribution is -2.15. The molecule has 0 aliphatic heterocycles. The zero-order valence-corrected chi connectivity index (χ0v) is 14.4. The van der Waals surface area contributed by atoms with E-state index in [4.69, 9.17) is 9.47 Å². The van der Waals surface area contributed by atoms with Gasteiger partial charge in [-0.1, -0.05) is 20.8 Å². The summed E-state index contributed by atoms with van der Waals surface area (Å²) in [6, 6.07) is 6.98. The van der Waals surface area contributed by atoms with Crippen molar-refractivity contribution in [2.45, 2.75) is 26.2 Å². The van der Waals surface area contributed by atoms with Gasteiger partial charge in [-0.05, 0) is 18.2 Å². The molecule has 0 saturated heterocycles. The highest BCUT2D eigenvalue weighted by atomic mass is 16.5. The van der Waals surface area contributed by atoms with Crippen LogP contribution < -0.4 is 14.8 Å². The number of aromatic nitrogens is 2. The SMILES string of the molecule is COc1ccc(OC)c(C(=O)Nc2cc(C(C)(C)C)nn2C)c1. The molecule has 0 aliphatic carbocycles. The first-order chi connectivity index (χ1) is 10.8. The first-order valence-electron chi connectivity index (χ1n) is 7.34. The van der Waals surface area contributed by atoms with Crippen molar-refractivity contribution in [3.05, 3.63) is 35.5 Å². The Balaban J connectivity index is 2.31. The Morgan fingerprint density at radius 2 is 1.87 bits per heavy atom. The Bertz CT molecular complexity index is 714. The molecular formula is C17H23N3O3. The van der Waals surface area contributed by atoms with Gasteiger partial charge in [-0.25, -0.2) is 0 Å². The molecule has 6 nitrogen and oxygen atoms in total. The Labute approximate surface area is 136 Å². The van der Waals surface area contributed by atoms with Crippen LogP contribution in [0.25, 0.3) is 0 Å². The number of anilines is 1. The van der Waals surface area contributed by atoms with Crippen LogP contribution in [0.2, 0.25) is 0 Å². The Morgan fingerprint density at radius 3 is 2.39 bits per heavy atom. The minimum absolute atomic E-state index is 0.0889. The van der Waals surface area contributed by atoms with Crippen molar-refractivity contribution in [1.29, 1.82) is 0 Å². The molecule has 23 heavy (non-hydrogen) atoms. The van der Waals surface area contributed by atoms with Gasteiger partial charge in [-0.15, -0.1) is 0 Å². The normalized spacial score (nSPS) is 11.2. The first kappa shape index (κ1) is 16.9. The monoisotopic (exact) mass is 317 g/mol. The zero-order chi connectivity index (χ0) is 17.2. The van der Waals surface area contributed by atoms with E-state index in [9.17, 15) is 4.79 Å². The van der Waals surface area contributed by atoms with Crippen molar-refractivity contribution >= 4 is 11.7 Å². The molecular weight excluding hydrogens is 294 g/mol. The van der Waals surface area contributed by atoms with Gasteiger partial charge >= 0.3 is 0 Å². The largest absolute Gasteiger partial charge is 0.497 e. The third-order valence-electron chi connectivity index (χ3n) is 3.54. The lowest BCUT2D eigenvalue weighted by atomic mass is 9.92. The van der Waals surface area contributed by atoms with Crippen LogP contribution in [-0.2, 0) is 12.5 Å². The van der Waals surface area contributed by atoms with E-state index in [0.717, 1.165) is 5.69 Å². The minimum atomic E-state index is -0.274. The molecule has 0 bridgehead atoms. The summed E-state index contributed by atoms with van der Waals surface area (Å²) < 4.78 is 12.1. The smallest absolute Gasteiger partial charge is 0.260 e. The molecule has 1 aromatic heterocycles. The number of rotatable bonds is 4. The second kappa shape index (κ2) is 6.32. The molecule has 0 spiro atoms. The van der Waals surface area contributed by atoms with Gasteiger partial charge in [0.2, 0.25) is 0 Å². The zero-order valence-electron chi connectivity index (χ0n) is 14.4. The average molecular weight is 317 g/mol. The minimum Gasteiger partial charge on any atom is -0.497 e. The van der Waals surface area contributed by atoms with Gasteiger partial charge in [0.25, 0.3) is 5.91 Å². The van der Waals surface area contributed by atoms with E-state index in [1.807, 2.05) is 6.07 Å². The average Bonchev–Trinajstić information content (AvgIpc) is 2.87. The highest BCUT2D eigenvalue weighted by molar-refractivity contribution is 6.06. The fourth-order valence-corrected chi connectivity index (χ4v) is 2.13. The van der Waals surface area contributed by atoms with E-state index in [0.29, 0.717) is 22.9 Å². The van der Waals surface area contributed by atoms with Crippen LogP contribution in [-0.4, -0.2) is 29.9 Å². The van der Waals surface area contributed by atoms with Crippen LogP contribution in [0.1, 0.15) is 36.8 Å². The summed E-state index contributed by atoms with van der Waals surface area (Å²) >= 11 is 0. The number of amides is 1. The molecule has 124 valence electrons. The van der Waals surface area contributed by atoms with E-state index in [1.54, 1.807) is 37.0 Å². The molecule has 1 heterocycles. The number of benzene rings is 1. The summed E-state index contributed by atoms with van der Waals surface area (Å²) in [5.74, 6) is 1.44. The maximum atomic E-state index is 12.6. The standard InChI is InChI=1S/C17H23N3O3/c1-17(2,3)14-10-15(20(4)19-14)18-16(21)12-9-11(22-5)7-8-13(12)23-6/h7-10H,1-6H3,(H,18,21). The van der Waals surface area contributed by atoms with E-state index in [2.05, 4.69) is 31.2 Å². The fourth-order valence-electron chi connectivity index (χ4n) is 2.13. The number of carbonyl (C=O) groups excluding carboxylic acids is 1. The van der Waals surface area contributed by atoms with Crippen molar-refractivity contribution < 1.29 is 14.3 Å².